The summed E-state index contributed by atoms with van der Waals surface area (Å²) in [6.45, 7) is 0. The normalized spacial score (nSPS) is 11.0. The van der Waals surface area contributed by atoms with Crippen molar-refractivity contribution in [2.24, 2.45) is 0 Å². The first-order valence-electron chi connectivity index (χ1n) is 12.7. The third-order valence-electron chi connectivity index (χ3n) is 6.49. The van der Waals surface area contributed by atoms with Crippen molar-refractivity contribution in [1.82, 2.24) is 0 Å². The SMILES string of the molecule is N=C([B]CCC[B]C(=N)C(c1cccc(Cl)c1)c1cccc(Cl)c1)C(c1cccc(Cl)c1)c1cccc(Cl)c1. The highest BCUT2D eigenvalue weighted by molar-refractivity contribution is 6.77. The van der Waals surface area contributed by atoms with Gasteiger partial charge < -0.3 is 10.8 Å². The van der Waals surface area contributed by atoms with Crippen LogP contribution in [0.25, 0.3) is 0 Å². The van der Waals surface area contributed by atoms with Gasteiger partial charge in [0, 0.05) is 31.9 Å². The first-order valence-corrected chi connectivity index (χ1v) is 14.2. The second-order valence-corrected chi connectivity index (χ2v) is 11.1. The van der Waals surface area contributed by atoms with Crippen LogP contribution < -0.4 is 0 Å². The van der Waals surface area contributed by atoms with Gasteiger partial charge in [0.15, 0.2) is 14.6 Å². The Kier molecular flexibility index (Phi) is 10.8. The number of hydrogen-bond donors (Lipinski definition) is 2. The summed E-state index contributed by atoms with van der Waals surface area (Å²) < 4.78 is 0. The summed E-state index contributed by atoms with van der Waals surface area (Å²) in [5.74, 6) is -0.528. The van der Waals surface area contributed by atoms with E-state index in [0.717, 1.165) is 28.7 Å². The number of benzene rings is 4. The number of nitrogens with one attached hydrogen (secondary N) is 2. The molecular weight excluding hydrogens is 564 g/mol. The van der Waals surface area contributed by atoms with Gasteiger partial charge in [-0.1, -0.05) is 114 Å². The molecule has 4 aromatic rings. The van der Waals surface area contributed by atoms with Crippen molar-refractivity contribution in [3.8, 4) is 0 Å². The van der Waals surface area contributed by atoms with Crippen LogP contribution in [0.3, 0.4) is 0 Å². The number of hydrogen-bond acceptors (Lipinski definition) is 2. The molecule has 4 rings (SSSR count). The average Bonchev–Trinajstić information content (AvgIpc) is 2.89. The fourth-order valence-corrected chi connectivity index (χ4v) is 5.51. The maximum atomic E-state index is 8.90. The van der Waals surface area contributed by atoms with Crippen LogP contribution in [0.5, 0.6) is 0 Å². The Bertz CT molecular complexity index is 1260. The summed E-state index contributed by atoms with van der Waals surface area (Å²) >= 11 is 25.1. The van der Waals surface area contributed by atoms with E-state index < -0.39 is 0 Å². The molecule has 194 valence electrons. The summed E-state index contributed by atoms with van der Waals surface area (Å²) in [5.41, 5.74) is 4.78. The molecule has 0 spiro atoms. The molecule has 2 radical (unpaired) electrons. The van der Waals surface area contributed by atoms with Crippen molar-refractivity contribution >= 4 is 72.2 Å². The highest BCUT2D eigenvalue weighted by atomic mass is 35.5. The first kappa shape index (κ1) is 29.5. The molecule has 0 aliphatic carbocycles. The van der Waals surface area contributed by atoms with Crippen LogP contribution in [0.15, 0.2) is 97.1 Å². The van der Waals surface area contributed by atoms with Gasteiger partial charge in [0.05, 0.1) is 0 Å². The van der Waals surface area contributed by atoms with Crippen molar-refractivity contribution < 1.29 is 0 Å². The van der Waals surface area contributed by atoms with E-state index in [4.69, 9.17) is 57.2 Å². The summed E-state index contributed by atoms with van der Waals surface area (Å²) in [4.78, 5) is 0. The Morgan fingerprint density at radius 1 is 0.513 bits per heavy atom. The predicted molar refractivity (Wildman–Crippen MR) is 171 cm³/mol. The highest BCUT2D eigenvalue weighted by Gasteiger charge is 2.22. The topological polar surface area (TPSA) is 47.7 Å². The van der Waals surface area contributed by atoms with Crippen LogP contribution in [0.1, 0.15) is 40.5 Å². The third-order valence-corrected chi connectivity index (χ3v) is 7.43. The summed E-state index contributed by atoms with van der Waals surface area (Å²) in [6.07, 6.45) is 2.22. The van der Waals surface area contributed by atoms with E-state index in [-0.39, 0.29) is 11.8 Å². The molecular formula is C31H26B2Cl4N2. The molecule has 0 amide bonds. The van der Waals surface area contributed by atoms with E-state index in [1.165, 1.54) is 0 Å². The first-order chi connectivity index (χ1) is 18.8. The molecule has 0 fully saturated rings. The summed E-state index contributed by atoms with van der Waals surface area (Å²) in [5, 5.41) is 20.3. The van der Waals surface area contributed by atoms with Crippen LogP contribution in [-0.4, -0.2) is 25.8 Å². The summed E-state index contributed by atoms with van der Waals surface area (Å²) in [6, 6.07) is 30.5. The van der Waals surface area contributed by atoms with Crippen molar-refractivity contribution in [2.75, 3.05) is 0 Å². The van der Waals surface area contributed by atoms with Crippen LogP contribution in [0.4, 0.5) is 0 Å². The third kappa shape index (κ3) is 8.25. The fraction of sp³-hybridized carbons (Fsp3) is 0.161. The molecule has 0 aliphatic heterocycles. The Morgan fingerprint density at radius 3 is 1.05 bits per heavy atom. The lowest BCUT2D eigenvalue weighted by molar-refractivity contribution is 1.04. The van der Waals surface area contributed by atoms with E-state index in [1.54, 1.807) is 0 Å². The monoisotopic (exact) mass is 588 g/mol. The second kappa shape index (κ2) is 14.2. The summed E-state index contributed by atoms with van der Waals surface area (Å²) in [7, 11) is 3.91. The van der Waals surface area contributed by atoms with Gasteiger partial charge in [0.1, 0.15) is 0 Å². The van der Waals surface area contributed by atoms with Gasteiger partial charge in [0.25, 0.3) is 0 Å². The zero-order chi connectivity index (χ0) is 27.8. The van der Waals surface area contributed by atoms with Gasteiger partial charge in [-0.25, -0.2) is 0 Å². The van der Waals surface area contributed by atoms with Crippen molar-refractivity contribution in [2.45, 2.75) is 30.9 Å². The standard InChI is InChI=1S/C31H26B2Cl4N2/c34-24-10-1-6-20(16-24)28(21-7-2-11-25(35)17-21)30(38)32-14-5-15-33-31(39)29(22-8-3-12-26(36)18-22)23-9-4-13-27(37)19-23/h1-4,6-13,16-19,28-29,38-39H,5,14-15H2. The zero-order valence-electron chi connectivity index (χ0n) is 21.2. The Morgan fingerprint density at radius 2 is 0.795 bits per heavy atom. The van der Waals surface area contributed by atoms with Crippen molar-refractivity contribution in [3.05, 3.63) is 139 Å². The maximum Gasteiger partial charge on any atom is 0.172 e. The van der Waals surface area contributed by atoms with Crippen LogP contribution in [0, 0.1) is 10.8 Å². The lowest BCUT2D eigenvalue weighted by atomic mass is 9.57. The van der Waals surface area contributed by atoms with Gasteiger partial charge in [-0.3, -0.25) is 0 Å². The maximum absolute atomic E-state index is 8.90. The number of rotatable bonds is 12. The molecule has 0 aromatic heterocycles. The molecule has 8 heteroatoms. The van der Waals surface area contributed by atoms with E-state index in [0.29, 0.717) is 44.0 Å². The van der Waals surface area contributed by atoms with E-state index in [2.05, 4.69) is 0 Å². The quantitative estimate of drug-likeness (QED) is 0.0938. The lowest BCUT2D eigenvalue weighted by Crippen LogP contribution is -2.21. The van der Waals surface area contributed by atoms with Gasteiger partial charge in [0.2, 0.25) is 0 Å². The minimum absolute atomic E-state index is 0.264. The largest absolute Gasteiger partial charge is 0.319 e. The van der Waals surface area contributed by atoms with Crippen LogP contribution in [-0.2, 0) is 0 Å². The van der Waals surface area contributed by atoms with E-state index in [9.17, 15) is 0 Å². The number of halogens is 4. The molecule has 2 N–H and O–H groups in total. The minimum atomic E-state index is -0.264. The van der Waals surface area contributed by atoms with Gasteiger partial charge in [-0.05, 0) is 82.0 Å². The van der Waals surface area contributed by atoms with Crippen LogP contribution in [0.2, 0.25) is 32.7 Å². The lowest BCUT2D eigenvalue weighted by Gasteiger charge is -2.21. The van der Waals surface area contributed by atoms with E-state index >= 15 is 0 Å². The molecule has 4 aromatic carbocycles. The molecule has 39 heavy (non-hydrogen) atoms. The average molecular weight is 590 g/mol. The Labute approximate surface area is 252 Å². The van der Waals surface area contributed by atoms with Crippen LogP contribution >= 0.6 is 46.4 Å². The van der Waals surface area contributed by atoms with Crippen molar-refractivity contribution in [3.63, 3.8) is 0 Å². The van der Waals surface area contributed by atoms with Gasteiger partial charge in [-0.2, -0.15) is 0 Å². The Hall–Kier alpha value is -2.49. The molecule has 0 unspecified atom stereocenters. The fourth-order valence-electron chi connectivity index (χ4n) is 4.72. The zero-order valence-corrected chi connectivity index (χ0v) is 24.2. The smallest absolute Gasteiger partial charge is 0.172 e. The molecule has 0 atom stereocenters. The second-order valence-electron chi connectivity index (χ2n) is 9.34. The molecule has 2 nitrogen and oxygen atoms in total. The predicted octanol–water partition coefficient (Wildman–Crippen LogP) is 9.85. The van der Waals surface area contributed by atoms with Gasteiger partial charge in [-0.15, -0.1) is 0 Å². The van der Waals surface area contributed by atoms with Crippen molar-refractivity contribution in [1.29, 1.82) is 10.8 Å². The molecule has 0 bridgehead atoms. The highest BCUT2D eigenvalue weighted by Crippen LogP contribution is 2.31. The Balaban J connectivity index is 1.40. The molecule has 0 saturated heterocycles. The van der Waals surface area contributed by atoms with Gasteiger partial charge >= 0.3 is 0 Å². The molecule has 0 saturated carbocycles. The van der Waals surface area contributed by atoms with E-state index in [1.807, 2.05) is 112 Å². The molecule has 0 aliphatic rings. The minimum Gasteiger partial charge on any atom is -0.319 e. The molecule has 0 heterocycles.